The van der Waals surface area contributed by atoms with Gasteiger partial charge in [0.15, 0.2) is 0 Å². The lowest BCUT2D eigenvalue weighted by Crippen LogP contribution is -2.06. The van der Waals surface area contributed by atoms with E-state index < -0.39 is 11.3 Å². The van der Waals surface area contributed by atoms with Crippen molar-refractivity contribution in [3.63, 3.8) is 0 Å². The molecule has 10 heteroatoms. The first-order chi connectivity index (χ1) is 16.4. The smallest absolute Gasteiger partial charge is 0.311 e. The zero-order chi connectivity index (χ0) is 24.5. The molecule has 0 amide bonds. The second-order valence-corrected chi connectivity index (χ2v) is 7.56. The Hall–Kier alpha value is -3.53. The average molecular weight is 475 g/mol. The van der Waals surface area contributed by atoms with Crippen LogP contribution in [0.4, 0.5) is 20.2 Å². The van der Waals surface area contributed by atoms with Crippen LogP contribution in [0.3, 0.4) is 0 Å². The Morgan fingerprint density at radius 1 is 1.12 bits per heavy atom. The third-order valence-corrected chi connectivity index (χ3v) is 5.35. The van der Waals surface area contributed by atoms with Gasteiger partial charge in [-0.2, -0.15) is 0 Å². The van der Waals surface area contributed by atoms with E-state index in [-0.39, 0.29) is 28.9 Å². The number of ether oxygens (including phenoxy) is 3. The summed E-state index contributed by atoms with van der Waals surface area (Å²) in [5.41, 5.74) is 0.674. The highest BCUT2D eigenvalue weighted by atomic mass is 19.3. The van der Waals surface area contributed by atoms with E-state index in [2.05, 4.69) is 10.3 Å². The molecule has 1 aromatic heterocycles. The van der Waals surface area contributed by atoms with Crippen molar-refractivity contribution in [1.29, 1.82) is 0 Å². The van der Waals surface area contributed by atoms with Crippen LogP contribution in [0.5, 0.6) is 11.5 Å². The van der Waals surface area contributed by atoms with Crippen LogP contribution in [-0.2, 0) is 11.3 Å². The molecule has 182 valence electrons. The number of nitro groups is 1. The normalized spacial score (nSPS) is 13.2. The van der Waals surface area contributed by atoms with Gasteiger partial charge in [0.25, 0.3) is 6.43 Å². The third kappa shape index (κ3) is 6.28. The molecule has 0 aliphatic carbocycles. The van der Waals surface area contributed by atoms with E-state index in [4.69, 9.17) is 14.2 Å². The van der Waals surface area contributed by atoms with Crippen molar-refractivity contribution in [3.05, 3.63) is 63.8 Å². The summed E-state index contributed by atoms with van der Waals surface area (Å²) in [4.78, 5) is 14.8. The molecular formula is C24H27F2N3O5. The first-order valence-corrected chi connectivity index (χ1v) is 10.8. The van der Waals surface area contributed by atoms with Gasteiger partial charge in [0, 0.05) is 42.3 Å². The second-order valence-electron chi connectivity index (χ2n) is 7.56. The molecule has 2 heterocycles. The maximum atomic E-state index is 13.1. The minimum absolute atomic E-state index is 0.121. The molecule has 0 bridgehead atoms. The van der Waals surface area contributed by atoms with Gasteiger partial charge in [0.05, 0.1) is 24.7 Å². The quantitative estimate of drug-likeness (QED) is 0.336. The van der Waals surface area contributed by atoms with Gasteiger partial charge < -0.3 is 19.5 Å². The van der Waals surface area contributed by atoms with E-state index in [1.807, 2.05) is 0 Å². The lowest BCUT2D eigenvalue weighted by Gasteiger charge is -2.14. The molecule has 2 aromatic carbocycles. The first-order valence-electron chi connectivity index (χ1n) is 10.8. The molecular weight excluding hydrogens is 448 g/mol. The Morgan fingerprint density at radius 2 is 1.88 bits per heavy atom. The molecule has 0 radical (unpaired) electrons. The molecule has 3 aromatic rings. The van der Waals surface area contributed by atoms with Crippen LogP contribution in [0.1, 0.15) is 36.8 Å². The number of hydrogen-bond donors (Lipinski definition) is 1. The molecule has 0 spiro atoms. The predicted octanol–water partition coefficient (Wildman–Crippen LogP) is 5.90. The highest BCUT2D eigenvalue weighted by Crippen LogP contribution is 2.35. The third-order valence-electron chi connectivity index (χ3n) is 5.35. The molecule has 8 nitrogen and oxygen atoms in total. The van der Waals surface area contributed by atoms with E-state index in [1.54, 1.807) is 18.2 Å². The summed E-state index contributed by atoms with van der Waals surface area (Å²) in [5.74, 6) is 1.13. The minimum Gasteiger partial charge on any atom is -0.497 e. The van der Waals surface area contributed by atoms with Crippen LogP contribution in [0.2, 0.25) is 0 Å². The van der Waals surface area contributed by atoms with Crippen molar-refractivity contribution in [3.8, 4) is 11.5 Å². The number of nitrogens with one attached hydrogen (secondary N) is 1. The van der Waals surface area contributed by atoms with Crippen LogP contribution >= 0.6 is 0 Å². The average Bonchev–Trinajstić information content (AvgIpc) is 2.87. The van der Waals surface area contributed by atoms with E-state index in [0.717, 1.165) is 19.4 Å². The summed E-state index contributed by atoms with van der Waals surface area (Å²) in [6.45, 7) is 2.17. The standard InChI is InChI=1S/C19H17F2N3O4.C5H10O/c1-27-13-5-3-12(17(8-13)28-2)9-23-18-14-7-11(19(20)21)4-6-15(14)22-10-16(18)24(25)26;1-2-4-6-5-3-1/h3-8,10,19H,9H2,1-2H3,(H,22,23);1-5H2. The number of pyridine rings is 1. The lowest BCUT2D eigenvalue weighted by atomic mass is 10.1. The maximum absolute atomic E-state index is 13.1. The zero-order valence-corrected chi connectivity index (χ0v) is 19.1. The molecule has 0 atom stereocenters. The largest absolute Gasteiger partial charge is 0.497 e. The van der Waals surface area contributed by atoms with Crippen molar-refractivity contribution in [2.75, 3.05) is 32.8 Å². The van der Waals surface area contributed by atoms with Crippen LogP contribution in [-0.4, -0.2) is 37.3 Å². The Balaban J connectivity index is 0.000000469. The molecule has 1 aliphatic heterocycles. The summed E-state index contributed by atoms with van der Waals surface area (Å²) in [7, 11) is 3.03. The van der Waals surface area contributed by atoms with Crippen molar-refractivity contribution < 1.29 is 27.9 Å². The Bertz CT molecular complexity index is 1110. The van der Waals surface area contributed by atoms with Gasteiger partial charge in [-0.25, -0.2) is 13.8 Å². The summed E-state index contributed by atoms with van der Waals surface area (Å²) in [6, 6.07) is 9.05. The fourth-order valence-corrected chi connectivity index (χ4v) is 3.53. The van der Waals surface area contributed by atoms with Crippen LogP contribution in [0.25, 0.3) is 10.9 Å². The van der Waals surface area contributed by atoms with Gasteiger partial charge in [0.1, 0.15) is 23.4 Å². The maximum Gasteiger partial charge on any atom is 0.311 e. The highest BCUT2D eigenvalue weighted by molar-refractivity contribution is 5.96. The lowest BCUT2D eigenvalue weighted by molar-refractivity contribution is -0.384. The minimum atomic E-state index is -2.70. The molecule has 1 N–H and O–H groups in total. The van der Waals surface area contributed by atoms with E-state index in [1.165, 1.54) is 51.7 Å². The number of rotatable bonds is 7. The van der Waals surface area contributed by atoms with Gasteiger partial charge in [-0.05, 0) is 43.5 Å². The highest BCUT2D eigenvalue weighted by Gasteiger charge is 2.20. The fraction of sp³-hybridized carbons (Fsp3) is 0.375. The summed E-state index contributed by atoms with van der Waals surface area (Å²) in [6.07, 6.45) is 2.34. The molecule has 4 rings (SSSR count). The number of halogens is 2. The number of hydrogen-bond acceptors (Lipinski definition) is 7. The summed E-state index contributed by atoms with van der Waals surface area (Å²) < 4.78 is 41.8. The van der Waals surface area contributed by atoms with Gasteiger partial charge >= 0.3 is 5.69 Å². The second kappa shape index (κ2) is 12.1. The van der Waals surface area contributed by atoms with E-state index in [0.29, 0.717) is 22.6 Å². The van der Waals surface area contributed by atoms with Crippen molar-refractivity contribution in [2.24, 2.45) is 0 Å². The SMILES string of the molecule is C1CCOCC1.COc1ccc(CNc2c([N+](=O)[O-])cnc3ccc(C(F)F)cc23)c(OC)c1. The summed E-state index contributed by atoms with van der Waals surface area (Å²) in [5, 5.41) is 14.7. The van der Waals surface area contributed by atoms with Gasteiger partial charge in [-0.1, -0.05) is 6.07 Å². The van der Waals surface area contributed by atoms with E-state index in [9.17, 15) is 18.9 Å². The fourth-order valence-electron chi connectivity index (χ4n) is 3.53. The topological polar surface area (TPSA) is 95.8 Å². The van der Waals surface area contributed by atoms with Crippen molar-refractivity contribution in [2.45, 2.75) is 32.2 Å². The monoisotopic (exact) mass is 475 g/mol. The molecule has 0 unspecified atom stereocenters. The number of nitrogens with zero attached hydrogens (tertiary/aromatic N) is 2. The number of fused-ring (bicyclic) bond motifs is 1. The van der Waals surface area contributed by atoms with Crippen molar-refractivity contribution >= 4 is 22.3 Å². The van der Waals surface area contributed by atoms with Crippen molar-refractivity contribution in [1.82, 2.24) is 4.98 Å². The molecule has 1 saturated heterocycles. The van der Waals surface area contributed by atoms with Gasteiger partial charge in [0.2, 0.25) is 0 Å². The zero-order valence-electron chi connectivity index (χ0n) is 19.1. The first kappa shape index (κ1) is 25.1. The summed E-state index contributed by atoms with van der Waals surface area (Å²) >= 11 is 0. The Morgan fingerprint density at radius 3 is 2.44 bits per heavy atom. The van der Waals surface area contributed by atoms with Crippen LogP contribution < -0.4 is 14.8 Å². The Labute approximate surface area is 196 Å². The van der Waals surface area contributed by atoms with E-state index >= 15 is 0 Å². The van der Waals surface area contributed by atoms with Gasteiger partial charge in [-0.3, -0.25) is 10.1 Å². The Kier molecular flexibility index (Phi) is 8.92. The number of anilines is 1. The molecule has 0 saturated carbocycles. The molecule has 34 heavy (non-hydrogen) atoms. The number of methoxy groups -OCH3 is 2. The molecule has 1 fully saturated rings. The molecule has 1 aliphatic rings. The van der Waals surface area contributed by atoms with Crippen LogP contribution in [0, 0.1) is 10.1 Å². The number of benzene rings is 2. The van der Waals surface area contributed by atoms with Crippen LogP contribution in [0.15, 0.2) is 42.6 Å². The number of aromatic nitrogens is 1. The number of alkyl halides is 2. The predicted molar refractivity (Wildman–Crippen MR) is 125 cm³/mol. The van der Waals surface area contributed by atoms with Gasteiger partial charge in [-0.15, -0.1) is 0 Å².